The molecular weight excluding hydrogens is 374 g/mol. The molecule has 0 radical (unpaired) electrons. The number of unbranched alkanes of at least 4 members (excludes halogenated alkanes) is 12. The largest absolute Gasteiger partial charge is 0.504 e. The van der Waals surface area contributed by atoms with Crippen molar-refractivity contribution in [2.75, 3.05) is 7.11 Å². The van der Waals surface area contributed by atoms with Crippen molar-refractivity contribution in [2.24, 2.45) is 5.73 Å². The maximum Gasteiger partial charge on any atom is 0.249 e. The fourth-order valence-electron chi connectivity index (χ4n) is 3.87. The summed E-state index contributed by atoms with van der Waals surface area (Å²) >= 11 is 0. The van der Waals surface area contributed by atoms with Crippen LogP contribution >= 0.6 is 0 Å². The Morgan fingerprint density at radius 1 is 0.900 bits per heavy atom. The van der Waals surface area contributed by atoms with Crippen LogP contribution in [0.3, 0.4) is 0 Å². The number of carbonyl (C=O) groups is 1. The van der Waals surface area contributed by atoms with Crippen LogP contribution in [0.4, 0.5) is 0 Å². The average Bonchev–Trinajstić information content (AvgIpc) is 2.73. The summed E-state index contributed by atoms with van der Waals surface area (Å²) in [6.45, 7) is 2.26. The number of rotatable bonds is 18. The van der Waals surface area contributed by atoms with E-state index in [1.807, 2.05) is 0 Å². The minimum atomic E-state index is -0.479. The Kier molecular flexibility index (Phi) is 14.6. The predicted octanol–water partition coefficient (Wildman–Crippen LogP) is 7.08. The number of allylic oxidation sites excluding steroid dienone is 2. The number of aromatic hydroxyl groups is 1. The Morgan fingerprint density at radius 2 is 1.43 bits per heavy atom. The number of phenolic OH excluding ortho intramolecular Hbond substituents is 1. The van der Waals surface area contributed by atoms with Gasteiger partial charge in [-0.2, -0.15) is 0 Å². The molecule has 0 spiro atoms. The van der Waals surface area contributed by atoms with Gasteiger partial charge in [-0.3, -0.25) is 4.79 Å². The number of carbonyl (C=O) groups excluding carboxylic acids is 1. The van der Waals surface area contributed by atoms with Gasteiger partial charge in [0.2, 0.25) is 5.91 Å². The van der Waals surface area contributed by atoms with Gasteiger partial charge >= 0.3 is 0 Å². The van der Waals surface area contributed by atoms with E-state index < -0.39 is 5.91 Å². The lowest BCUT2D eigenvalue weighted by Crippen LogP contribution is -2.14. The number of hydrogen-bond donors (Lipinski definition) is 2. The van der Waals surface area contributed by atoms with Crippen LogP contribution in [0, 0.1) is 0 Å². The summed E-state index contributed by atoms with van der Waals surface area (Å²) in [7, 11) is 1.51. The molecule has 4 nitrogen and oxygen atoms in total. The fourth-order valence-corrected chi connectivity index (χ4v) is 3.87. The molecule has 0 unspecified atom stereocenters. The van der Waals surface area contributed by atoms with Crippen LogP contribution in [0.1, 0.15) is 113 Å². The van der Waals surface area contributed by atoms with Gasteiger partial charge in [0, 0.05) is 11.1 Å². The van der Waals surface area contributed by atoms with Gasteiger partial charge in [-0.25, -0.2) is 0 Å². The van der Waals surface area contributed by atoms with E-state index >= 15 is 0 Å². The maximum absolute atomic E-state index is 11.7. The van der Waals surface area contributed by atoms with E-state index in [0.717, 1.165) is 18.4 Å². The topological polar surface area (TPSA) is 72.6 Å². The van der Waals surface area contributed by atoms with Crippen molar-refractivity contribution >= 4 is 5.91 Å². The van der Waals surface area contributed by atoms with E-state index in [1.165, 1.54) is 90.2 Å². The Balaban J connectivity index is 2.10. The van der Waals surface area contributed by atoms with Crippen LogP contribution in [0.5, 0.6) is 11.5 Å². The van der Waals surface area contributed by atoms with Crippen molar-refractivity contribution in [2.45, 2.75) is 103 Å². The van der Waals surface area contributed by atoms with Gasteiger partial charge in [0.15, 0.2) is 11.5 Å². The molecule has 0 aliphatic carbocycles. The standard InChI is InChI=1S/C26H43NO3/c1-3-4-5-6-7-8-9-10-11-12-13-14-15-16-17-18-19-22-23(26(27)29)20-21-24(28)25(22)30-2/h10-11,20-21,28H,3-9,12-19H2,1-2H3,(H2,27,29)/b11-10-. The monoisotopic (exact) mass is 417 g/mol. The van der Waals surface area contributed by atoms with Crippen LogP contribution in [0.25, 0.3) is 0 Å². The third-order valence-electron chi connectivity index (χ3n) is 5.65. The summed E-state index contributed by atoms with van der Waals surface area (Å²) in [5.74, 6) is -0.0473. The summed E-state index contributed by atoms with van der Waals surface area (Å²) in [5, 5.41) is 9.95. The Labute approximate surface area is 183 Å². The molecule has 30 heavy (non-hydrogen) atoms. The second-order valence-electron chi connectivity index (χ2n) is 8.20. The van der Waals surface area contributed by atoms with Crippen LogP contribution < -0.4 is 10.5 Å². The highest BCUT2D eigenvalue weighted by atomic mass is 16.5. The van der Waals surface area contributed by atoms with E-state index in [1.54, 1.807) is 6.07 Å². The first kappa shape index (κ1) is 26.1. The molecule has 4 heteroatoms. The molecule has 170 valence electrons. The average molecular weight is 418 g/mol. The van der Waals surface area contributed by atoms with E-state index in [9.17, 15) is 9.90 Å². The molecule has 0 saturated heterocycles. The van der Waals surface area contributed by atoms with Gasteiger partial charge in [-0.05, 0) is 50.7 Å². The molecule has 1 amide bonds. The molecular formula is C26H43NO3. The van der Waals surface area contributed by atoms with E-state index in [4.69, 9.17) is 10.5 Å². The van der Waals surface area contributed by atoms with Crippen molar-refractivity contribution in [1.82, 2.24) is 0 Å². The summed E-state index contributed by atoms with van der Waals surface area (Å²) in [6, 6.07) is 3.04. The zero-order valence-electron chi connectivity index (χ0n) is 19.3. The highest BCUT2D eigenvalue weighted by Crippen LogP contribution is 2.33. The second kappa shape index (κ2) is 16.8. The van der Waals surface area contributed by atoms with Crippen molar-refractivity contribution in [3.63, 3.8) is 0 Å². The van der Waals surface area contributed by atoms with Crippen molar-refractivity contribution in [1.29, 1.82) is 0 Å². The van der Waals surface area contributed by atoms with Crippen LogP contribution in [-0.2, 0) is 6.42 Å². The lowest BCUT2D eigenvalue weighted by molar-refractivity contribution is 0.0999. The van der Waals surface area contributed by atoms with Gasteiger partial charge in [-0.1, -0.05) is 76.9 Å². The van der Waals surface area contributed by atoms with Crippen molar-refractivity contribution in [3.8, 4) is 11.5 Å². The first-order valence-electron chi connectivity index (χ1n) is 11.9. The molecule has 0 atom stereocenters. The SMILES string of the molecule is CCCCCCCC/C=C\CCCCCCCCc1c(C(N)=O)ccc(O)c1OC. The molecule has 0 aliphatic heterocycles. The number of amides is 1. The molecule has 0 fully saturated rings. The molecule has 3 N–H and O–H groups in total. The molecule has 1 aromatic carbocycles. The number of ether oxygens (including phenoxy) is 1. The lowest BCUT2D eigenvalue weighted by Gasteiger charge is -2.13. The molecule has 1 rings (SSSR count). The van der Waals surface area contributed by atoms with E-state index in [2.05, 4.69) is 19.1 Å². The van der Waals surface area contributed by atoms with Gasteiger partial charge in [0.05, 0.1) is 7.11 Å². The zero-order chi connectivity index (χ0) is 22.0. The number of methoxy groups -OCH3 is 1. The fraction of sp³-hybridized carbons (Fsp3) is 0.654. The van der Waals surface area contributed by atoms with Gasteiger partial charge in [-0.15, -0.1) is 0 Å². The van der Waals surface area contributed by atoms with Gasteiger partial charge in [0.1, 0.15) is 0 Å². The Morgan fingerprint density at radius 3 is 1.97 bits per heavy atom. The third kappa shape index (κ3) is 10.7. The minimum absolute atomic E-state index is 0.0575. The quantitative estimate of drug-likeness (QED) is 0.198. The van der Waals surface area contributed by atoms with Crippen molar-refractivity contribution < 1.29 is 14.6 Å². The van der Waals surface area contributed by atoms with Crippen LogP contribution in [0.2, 0.25) is 0 Å². The number of benzene rings is 1. The molecule has 0 saturated carbocycles. The summed E-state index contributed by atoms with van der Waals surface area (Å²) < 4.78 is 5.28. The molecule has 0 aliphatic rings. The predicted molar refractivity (Wildman–Crippen MR) is 126 cm³/mol. The third-order valence-corrected chi connectivity index (χ3v) is 5.65. The first-order chi connectivity index (χ1) is 14.6. The van der Waals surface area contributed by atoms with Gasteiger partial charge < -0.3 is 15.6 Å². The molecule has 0 aromatic heterocycles. The van der Waals surface area contributed by atoms with E-state index in [-0.39, 0.29) is 5.75 Å². The first-order valence-corrected chi connectivity index (χ1v) is 11.9. The normalized spacial score (nSPS) is 11.3. The summed E-state index contributed by atoms with van der Waals surface area (Å²) in [6.07, 6.45) is 23.1. The van der Waals surface area contributed by atoms with Gasteiger partial charge in [0.25, 0.3) is 0 Å². The van der Waals surface area contributed by atoms with Crippen molar-refractivity contribution in [3.05, 3.63) is 35.4 Å². The van der Waals surface area contributed by atoms with E-state index in [0.29, 0.717) is 17.7 Å². The Hall–Kier alpha value is -1.97. The smallest absolute Gasteiger partial charge is 0.249 e. The number of phenols is 1. The van der Waals surface area contributed by atoms with Crippen LogP contribution in [0.15, 0.2) is 24.3 Å². The lowest BCUT2D eigenvalue weighted by atomic mass is 9.98. The minimum Gasteiger partial charge on any atom is -0.504 e. The highest BCUT2D eigenvalue weighted by Gasteiger charge is 2.16. The number of primary amides is 1. The summed E-state index contributed by atoms with van der Waals surface area (Å²) in [4.78, 5) is 11.7. The molecule has 0 bridgehead atoms. The maximum atomic E-state index is 11.7. The molecule has 0 heterocycles. The zero-order valence-corrected chi connectivity index (χ0v) is 19.3. The Bertz CT molecular complexity index is 625. The number of hydrogen-bond acceptors (Lipinski definition) is 3. The van der Waals surface area contributed by atoms with Crippen LogP contribution in [-0.4, -0.2) is 18.1 Å². The highest BCUT2D eigenvalue weighted by molar-refractivity contribution is 5.95. The summed E-state index contributed by atoms with van der Waals surface area (Å²) in [5.41, 5.74) is 6.63. The number of nitrogens with two attached hydrogens (primary N) is 1. The molecule has 1 aromatic rings. The second-order valence-corrected chi connectivity index (χ2v) is 8.20.